The fourth-order valence-electron chi connectivity index (χ4n) is 8.42. The molecule has 270 valence electrons. The monoisotopic (exact) mass is 742 g/mol. The predicted molar refractivity (Wildman–Crippen MR) is 230 cm³/mol. The molecule has 0 atom stereocenters. The standard InChI is InChI=1S/C52H30N4O2/c53-31-33-26-34(32-54)28-39(27-33)40-21-12-22-42-41-20-10-11-24-46(41)55(49(40)42)47-25-13-23-43-48(47)52(58)56(51(43)57)50-44(36-16-6-2-7-17-36)29-38(35-14-4-1-5-15-35)30-45(50)37-18-8-3-9-19-37/h1-30H. The third kappa shape index (κ3) is 5.40. The van der Waals surface area contributed by atoms with Crippen molar-refractivity contribution < 1.29 is 9.59 Å². The second kappa shape index (κ2) is 13.8. The summed E-state index contributed by atoms with van der Waals surface area (Å²) < 4.78 is 2.05. The number of hydrogen-bond donors (Lipinski definition) is 0. The molecule has 9 aromatic rings. The molecule has 8 aromatic carbocycles. The number of anilines is 1. The lowest BCUT2D eigenvalue weighted by Gasteiger charge is -2.24. The zero-order valence-corrected chi connectivity index (χ0v) is 30.9. The number of benzene rings is 8. The largest absolute Gasteiger partial charge is 0.308 e. The zero-order chi connectivity index (χ0) is 39.3. The van der Waals surface area contributed by atoms with E-state index >= 15 is 9.59 Å². The lowest BCUT2D eigenvalue weighted by molar-refractivity contribution is 0.0926. The number of nitriles is 2. The molecule has 0 saturated carbocycles. The van der Waals surface area contributed by atoms with Crippen molar-refractivity contribution in [3.8, 4) is 62.3 Å². The molecule has 2 heterocycles. The minimum absolute atomic E-state index is 0.290. The van der Waals surface area contributed by atoms with E-state index in [-0.39, 0.29) is 0 Å². The van der Waals surface area contributed by atoms with Gasteiger partial charge in [-0.1, -0.05) is 133 Å². The number of hydrogen-bond acceptors (Lipinski definition) is 4. The van der Waals surface area contributed by atoms with E-state index in [2.05, 4.69) is 36.4 Å². The Morgan fingerprint density at radius 2 is 0.948 bits per heavy atom. The zero-order valence-electron chi connectivity index (χ0n) is 30.9. The van der Waals surface area contributed by atoms with Crippen LogP contribution in [-0.2, 0) is 0 Å². The van der Waals surface area contributed by atoms with E-state index in [1.54, 1.807) is 24.3 Å². The van der Waals surface area contributed by atoms with Crippen LogP contribution in [-0.4, -0.2) is 16.4 Å². The summed E-state index contributed by atoms with van der Waals surface area (Å²) in [4.78, 5) is 31.9. The molecular weight excluding hydrogens is 713 g/mol. The predicted octanol–water partition coefficient (Wildman–Crippen LogP) is 12.0. The molecule has 0 aliphatic carbocycles. The molecule has 1 aromatic heterocycles. The SMILES string of the molecule is N#Cc1cc(C#N)cc(-c2cccc3c4ccccc4n(-c4cccc5c4C(=O)N(c4c(-c6ccccc6)cc(-c6ccccc6)cc4-c4ccccc4)C5=O)c23)c1. The van der Waals surface area contributed by atoms with Gasteiger partial charge in [-0.2, -0.15) is 10.5 Å². The number of aromatic nitrogens is 1. The van der Waals surface area contributed by atoms with Crippen molar-refractivity contribution in [3.63, 3.8) is 0 Å². The second-order valence-electron chi connectivity index (χ2n) is 14.2. The number of rotatable bonds is 6. The molecule has 6 nitrogen and oxygen atoms in total. The van der Waals surface area contributed by atoms with Gasteiger partial charge in [-0.3, -0.25) is 9.59 Å². The molecule has 10 rings (SSSR count). The van der Waals surface area contributed by atoms with Crippen LogP contribution in [0.25, 0.3) is 72.0 Å². The highest BCUT2D eigenvalue weighted by Crippen LogP contribution is 2.47. The molecule has 0 unspecified atom stereocenters. The van der Waals surface area contributed by atoms with Crippen LogP contribution in [0.5, 0.6) is 0 Å². The van der Waals surface area contributed by atoms with Gasteiger partial charge in [0.1, 0.15) is 0 Å². The number of amides is 2. The Kier molecular flexibility index (Phi) is 8.11. The first-order valence-electron chi connectivity index (χ1n) is 18.9. The maximum absolute atomic E-state index is 15.5. The van der Waals surface area contributed by atoms with Gasteiger partial charge >= 0.3 is 0 Å². The molecule has 0 N–H and O–H groups in total. The fourth-order valence-corrected chi connectivity index (χ4v) is 8.42. The molecule has 58 heavy (non-hydrogen) atoms. The van der Waals surface area contributed by atoms with Gasteiger partial charge in [0.05, 0.1) is 56.8 Å². The van der Waals surface area contributed by atoms with Gasteiger partial charge in [0, 0.05) is 27.5 Å². The normalized spacial score (nSPS) is 12.1. The number of nitrogens with zero attached hydrogens (tertiary/aromatic N) is 4. The molecule has 1 aliphatic heterocycles. The van der Waals surface area contributed by atoms with Crippen LogP contribution in [0.1, 0.15) is 31.8 Å². The van der Waals surface area contributed by atoms with Crippen LogP contribution >= 0.6 is 0 Å². The summed E-state index contributed by atoms with van der Waals surface area (Å²) >= 11 is 0. The summed E-state index contributed by atoms with van der Waals surface area (Å²) in [6.07, 6.45) is 0. The Balaban J connectivity index is 1.25. The van der Waals surface area contributed by atoms with E-state index in [1.807, 2.05) is 138 Å². The molecule has 0 saturated heterocycles. The molecule has 2 amide bonds. The number of carbonyl (C=O) groups excluding carboxylic acids is 2. The van der Waals surface area contributed by atoms with Crippen LogP contribution in [0, 0.1) is 22.7 Å². The van der Waals surface area contributed by atoms with Crippen molar-refractivity contribution in [1.82, 2.24) is 4.57 Å². The maximum Gasteiger partial charge on any atom is 0.268 e. The number of imide groups is 1. The number of fused-ring (bicyclic) bond motifs is 4. The minimum atomic E-state index is -0.431. The van der Waals surface area contributed by atoms with Gasteiger partial charge in [0.2, 0.25) is 0 Å². The third-order valence-corrected chi connectivity index (χ3v) is 10.9. The summed E-state index contributed by atoms with van der Waals surface area (Å²) in [7, 11) is 0. The van der Waals surface area contributed by atoms with Crippen molar-refractivity contribution in [1.29, 1.82) is 10.5 Å². The first-order chi connectivity index (χ1) is 28.5. The highest BCUT2D eigenvalue weighted by molar-refractivity contribution is 6.37. The summed E-state index contributed by atoms with van der Waals surface area (Å²) in [5.41, 5.74) is 10.7. The minimum Gasteiger partial charge on any atom is -0.308 e. The van der Waals surface area contributed by atoms with Crippen LogP contribution in [0.2, 0.25) is 0 Å². The van der Waals surface area contributed by atoms with Crippen molar-refractivity contribution in [2.24, 2.45) is 0 Å². The summed E-state index contributed by atoms with van der Waals surface area (Å²) in [5.74, 6) is -0.843. The second-order valence-corrected chi connectivity index (χ2v) is 14.2. The molecule has 1 aliphatic rings. The number of carbonyl (C=O) groups is 2. The summed E-state index contributed by atoms with van der Waals surface area (Å²) in [5, 5.41) is 21.7. The Bertz CT molecular complexity index is 3130. The van der Waals surface area contributed by atoms with Crippen molar-refractivity contribution in [3.05, 3.63) is 204 Å². The lowest BCUT2D eigenvalue weighted by atomic mass is 9.90. The van der Waals surface area contributed by atoms with Gasteiger partial charge < -0.3 is 4.57 Å². The van der Waals surface area contributed by atoms with E-state index in [1.165, 1.54) is 4.90 Å². The topological polar surface area (TPSA) is 89.9 Å². The Hall–Kier alpha value is -8.32. The van der Waals surface area contributed by atoms with E-state index in [9.17, 15) is 10.5 Å². The van der Waals surface area contributed by atoms with Gasteiger partial charge in [-0.25, -0.2) is 4.90 Å². The summed E-state index contributed by atoms with van der Waals surface area (Å²) in [6, 6.07) is 62.9. The Morgan fingerprint density at radius 1 is 0.414 bits per heavy atom. The average molecular weight is 743 g/mol. The molecule has 0 fully saturated rings. The highest BCUT2D eigenvalue weighted by Gasteiger charge is 2.42. The van der Waals surface area contributed by atoms with Crippen LogP contribution in [0.15, 0.2) is 182 Å². The first-order valence-corrected chi connectivity index (χ1v) is 18.9. The Labute approximate surface area is 334 Å². The van der Waals surface area contributed by atoms with Crippen molar-refractivity contribution in [2.75, 3.05) is 4.90 Å². The molecule has 0 bridgehead atoms. The highest BCUT2D eigenvalue weighted by atomic mass is 16.2. The van der Waals surface area contributed by atoms with E-state index < -0.39 is 11.8 Å². The maximum atomic E-state index is 15.5. The van der Waals surface area contributed by atoms with Gasteiger partial charge in [0.25, 0.3) is 11.8 Å². The average Bonchev–Trinajstić information content (AvgIpc) is 3.76. The van der Waals surface area contributed by atoms with Gasteiger partial charge in [0.15, 0.2) is 0 Å². The molecule has 0 radical (unpaired) electrons. The molecular formula is C52H30N4O2. The van der Waals surface area contributed by atoms with Crippen molar-refractivity contribution >= 4 is 39.3 Å². The lowest BCUT2D eigenvalue weighted by Crippen LogP contribution is -2.30. The van der Waals surface area contributed by atoms with E-state index in [4.69, 9.17) is 0 Å². The summed E-state index contributed by atoms with van der Waals surface area (Å²) in [6.45, 7) is 0. The molecule has 6 heteroatoms. The number of para-hydroxylation sites is 2. The quantitative estimate of drug-likeness (QED) is 0.159. The van der Waals surface area contributed by atoms with E-state index in [0.717, 1.165) is 60.8 Å². The molecule has 0 spiro atoms. The van der Waals surface area contributed by atoms with Gasteiger partial charge in [-0.15, -0.1) is 0 Å². The van der Waals surface area contributed by atoms with E-state index in [0.29, 0.717) is 39.2 Å². The van der Waals surface area contributed by atoms with Crippen LogP contribution < -0.4 is 4.90 Å². The third-order valence-electron chi connectivity index (χ3n) is 10.9. The fraction of sp³-hybridized carbons (Fsp3) is 0. The smallest absolute Gasteiger partial charge is 0.268 e. The van der Waals surface area contributed by atoms with Gasteiger partial charge in [-0.05, 0) is 76.3 Å². The van der Waals surface area contributed by atoms with Crippen molar-refractivity contribution in [2.45, 2.75) is 0 Å². The van der Waals surface area contributed by atoms with Crippen LogP contribution in [0.4, 0.5) is 5.69 Å². The first kappa shape index (κ1) is 34.2. The Morgan fingerprint density at radius 3 is 1.57 bits per heavy atom. The van der Waals surface area contributed by atoms with Crippen LogP contribution in [0.3, 0.4) is 0 Å².